The average molecular weight is 576 g/mol. The number of nitrogens with zero attached hydrogens (tertiary/aromatic N) is 4. The van der Waals surface area contributed by atoms with Gasteiger partial charge in [0, 0.05) is 32.8 Å². The molecule has 0 aliphatic rings. The minimum Gasteiger partial charge on any atom is -0.363 e. The molecule has 0 bridgehead atoms. The first-order chi connectivity index (χ1) is 18.7. The highest BCUT2D eigenvalue weighted by molar-refractivity contribution is 7.94. The van der Waals surface area contributed by atoms with Crippen molar-refractivity contribution < 1.29 is 12.9 Å². The minimum absolute atomic E-state index is 0.145. The molecular formula is C28H25N5O3S3. The van der Waals surface area contributed by atoms with Gasteiger partial charge in [0.1, 0.15) is 16.2 Å². The number of fused-ring (bicyclic) bond motifs is 1. The Morgan fingerprint density at radius 3 is 2.44 bits per heavy atom. The molecule has 1 aromatic carbocycles. The monoisotopic (exact) mass is 575 g/mol. The van der Waals surface area contributed by atoms with Gasteiger partial charge in [-0.3, -0.25) is 14.4 Å². The van der Waals surface area contributed by atoms with Gasteiger partial charge in [-0.25, -0.2) is 8.42 Å². The summed E-state index contributed by atoms with van der Waals surface area (Å²) in [6, 6.07) is 17.6. The standard InChI is InChI=1S/C28H25N5O3S3/c1-16-13-23-26(19(4)29-16)27(24-10-5-17(2)37-24)30-33(23)15-20-6-8-21(9-7-20)22-14-18(3)38-28(22)39(34,35)32-25-11-12-36-31-25/h5-14H,15H2,1-4H3,(H,31,32). The van der Waals surface area contributed by atoms with Gasteiger partial charge in [0.05, 0.1) is 22.3 Å². The zero-order chi connectivity index (χ0) is 27.3. The third-order valence-electron chi connectivity index (χ3n) is 6.36. The summed E-state index contributed by atoms with van der Waals surface area (Å²) >= 11 is 2.95. The number of benzene rings is 1. The van der Waals surface area contributed by atoms with Crippen molar-refractivity contribution in [3.05, 3.63) is 87.6 Å². The van der Waals surface area contributed by atoms with Crippen LogP contribution in [0.25, 0.3) is 32.6 Å². The molecule has 0 spiro atoms. The summed E-state index contributed by atoms with van der Waals surface area (Å²) in [6.07, 6.45) is 1.32. The lowest BCUT2D eigenvalue weighted by Gasteiger charge is -2.08. The Labute approximate surface area is 234 Å². The van der Waals surface area contributed by atoms with Crippen LogP contribution < -0.4 is 4.72 Å². The largest absolute Gasteiger partial charge is 0.363 e. The Morgan fingerprint density at radius 2 is 1.74 bits per heavy atom. The molecule has 0 atom stereocenters. The molecular weight excluding hydrogens is 551 g/mol. The SMILES string of the molecule is Cc1cc2c(c(C)n1)c(-c1ccc(C)s1)nn2Cc1ccc(-c2cc(C)sc2S(=O)(=O)Nc2ccon2)cc1. The van der Waals surface area contributed by atoms with Gasteiger partial charge in [-0.15, -0.1) is 22.7 Å². The molecule has 5 aromatic heterocycles. The Balaban J connectivity index is 1.34. The number of pyridine rings is 1. The van der Waals surface area contributed by atoms with E-state index in [1.807, 2.05) is 55.8 Å². The number of anilines is 1. The van der Waals surface area contributed by atoms with E-state index in [4.69, 9.17) is 14.6 Å². The van der Waals surface area contributed by atoms with Gasteiger partial charge in [0.15, 0.2) is 5.82 Å². The van der Waals surface area contributed by atoms with Gasteiger partial charge in [0.25, 0.3) is 10.0 Å². The fraction of sp³-hybridized carbons (Fsp3) is 0.179. The molecule has 0 amide bonds. The maximum absolute atomic E-state index is 13.1. The molecule has 8 nitrogen and oxygen atoms in total. The van der Waals surface area contributed by atoms with E-state index in [0.29, 0.717) is 12.1 Å². The zero-order valence-electron chi connectivity index (χ0n) is 21.7. The molecule has 0 fully saturated rings. The quantitative estimate of drug-likeness (QED) is 0.221. The van der Waals surface area contributed by atoms with Crippen LogP contribution in [0.15, 0.2) is 69.6 Å². The molecule has 0 unspecified atom stereocenters. The van der Waals surface area contributed by atoms with E-state index in [-0.39, 0.29) is 10.0 Å². The first kappa shape index (κ1) is 25.5. The average Bonchev–Trinajstić information content (AvgIpc) is 3.68. The maximum Gasteiger partial charge on any atom is 0.273 e. The van der Waals surface area contributed by atoms with Crippen molar-refractivity contribution in [3.8, 4) is 21.7 Å². The lowest BCUT2D eigenvalue weighted by Crippen LogP contribution is -2.12. The predicted octanol–water partition coefficient (Wildman–Crippen LogP) is 6.96. The van der Waals surface area contributed by atoms with E-state index in [2.05, 4.69) is 35.0 Å². The summed E-state index contributed by atoms with van der Waals surface area (Å²) in [6.45, 7) is 8.60. The fourth-order valence-corrected chi connectivity index (χ4v) is 8.20. The van der Waals surface area contributed by atoms with Crippen LogP contribution in [0.2, 0.25) is 0 Å². The van der Waals surface area contributed by atoms with Crippen molar-refractivity contribution in [2.45, 2.75) is 38.4 Å². The summed E-state index contributed by atoms with van der Waals surface area (Å²) < 4.78 is 35.8. The highest BCUT2D eigenvalue weighted by Gasteiger charge is 2.24. The van der Waals surface area contributed by atoms with Crippen LogP contribution in [-0.2, 0) is 16.6 Å². The second kappa shape index (κ2) is 9.74. The maximum atomic E-state index is 13.1. The van der Waals surface area contributed by atoms with Crippen LogP contribution in [0.3, 0.4) is 0 Å². The fourth-order valence-electron chi connectivity index (χ4n) is 4.69. The van der Waals surface area contributed by atoms with Crippen LogP contribution in [0, 0.1) is 27.7 Å². The molecule has 198 valence electrons. The summed E-state index contributed by atoms with van der Waals surface area (Å²) in [7, 11) is -3.83. The van der Waals surface area contributed by atoms with E-state index in [1.165, 1.54) is 28.5 Å². The molecule has 11 heteroatoms. The van der Waals surface area contributed by atoms with E-state index < -0.39 is 10.0 Å². The third kappa shape index (κ3) is 4.88. The van der Waals surface area contributed by atoms with Crippen LogP contribution in [0.5, 0.6) is 0 Å². The third-order valence-corrected chi connectivity index (χ3v) is 10.3. The summed E-state index contributed by atoms with van der Waals surface area (Å²) in [5.41, 5.74) is 6.44. The summed E-state index contributed by atoms with van der Waals surface area (Å²) in [5.74, 6) is 0.145. The van der Waals surface area contributed by atoms with Crippen LogP contribution in [-0.4, -0.2) is 28.3 Å². The number of aryl methyl sites for hydroxylation is 4. The lowest BCUT2D eigenvalue weighted by atomic mass is 10.1. The van der Waals surface area contributed by atoms with Gasteiger partial charge < -0.3 is 4.52 Å². The molecule has 0 radical (unpaired) electrons. The first-order valence-electron chi connectivity index (χ1n) is 12.2. The van der Waals surface area contributed by atoms with E-state index in [9.17, 15) is 8.42 Å². The number of aromatic nitrogens is 4. The molecule has 6 aromatic rings. The minimum atomic E-state index is -3.83. The van der Waals surface area contributed by atoms with E-state index in [1.54, 1.807) is 11.3 Å². The van der Waals surface area contributed by atoms with Crippen molar-refractivity contribution in [3.63, 3.8) is 0 Å². The number of nitrogens with one attached hydrogen (secondary N) is 1. The van der Waals surface area contributed by atoms with E-state index in [0.717, 1.165) is 48.9 Å². The second-order valence-corrected chi connectivity index (χ2v) is 13.8. The van der Waals surface area contributed by atoms with Crippen LogP contribution >= 0.6 is 22.7 Å². The molecule has 0 saturated heterocycles. The molecule has 0 aliphatic heterocycles. The lowest BCUT2D eigenvalue weighted by molar-refractivity contribution is 0.423. The van der Waals surface area contributed by atoms with Crippen LogP contribution in [0.1, 0.15) is 26.7 Å². The Bertz CT molecular complexity index is 1920. The highest BCUT2D eigenvalue weighted by Crippen LogP contribution is 2.37. The smallest absolute Gasteiger partial charge is 0.273 e. The molecule has 6 rings (SSSR count). The molecule has 39 heavy (non-hydrogen) atoms. The van der Waals surface area contributed by atoms with Crippen molar-refractivity contribution in [2.75, 3.05) is 4.72 Å². The number of rotatable bonds is 7. The molecule has 1 N–H and O–H groups in total. The molecule has 0 aliphatic carbocycles. The summed E-state index contributed by atoms with van der Waals surface area (Å²) in [4.78, 5) is 7.96. The Kier molecular flexibility index (Phi) is 6.37. The predicted molar refractivity (Wildman–Crippen MR) is 156 cm³/mol. The van der Waals surface area contributed by atoms with Crippen molar-refractivity contribution in [2.24, 2.45) is 0 Å². The normalized spacial score (nSPS) is 11.9. The van der Waals surface area contributed by atoms with Crippen molar-refractivity contribution in [1.29, 1.82) is 0 Å². The van der Waals surface area contributed by atoms with Gasteiger partial charge >= 0.3 is 0 Å². The van der Waals surface area contributed by atoms with Gasteiger partial charge in [-0.2, -0.15) is 5.10 Å². The van der Waals surface area contributed by atoms with Crippen LogP contribution in [0.4, 0.5) is 5.82 Å². The Morgan fingerprint density at radius 1 is 0.949 bits per heavy atom. The van der Waals surface area contributed by atoms with E-state index >= 15 is 0 Å². The Hall–Kier alpha value is -3.80. The zero-order valence-corrected chi connectivity index (χ0v) is 24.2. The first-order valence-corrected chi connectivity index (χ1v) is 15.3. The highest BCUT2D eigenvalue weighted by atomic mass is 32.2. The van der Waals surface area contributed by atoms with Crippen molar-refractivity contribution in [1.82, 2.24) is 19.9 Å². The number of thiophene rings is 2. The second-order valence-electron chi connectivity index (χ2n) is 9.41. The molecule has 5 heterocycles. The topological polar surface area (TPSA) is 103 Å². The van der Waals surface area contributed by atoms with Crippen molar-refractivity contribution >= 4 is 49.4 Å². The number of sulfonamides is 1. The van der Waals surface area contributed by atoms with Gasteiger partial charge in [0.2, 0.25) is 0 Å². The number of hydrogen-bond donors (Lipinski definition) is 1. The van der Waals surface area contributed by atoms with Gasteiger partial charge in [-0.05, 0) is 63.1 Å². The van der Waals surface area contributed by atoms with Gasteiger partial charge in [-0.1, -0.05) is 29.4 Å². The molecule has 0 saturated carbocycles. The number of hydrogen-bond acceptors (Lipinski definition) is 8. The summed E-state index contributed by atoms with van der Waals surface area (Å²) in [5, 5.41) is 9.77.